The van der Waals surface area contributed by atoms with Gasteiger partial charge in [-0.05, 0) is 43.5 Å². The number of anilines is 1. The minimum atomic E-state index is -0.142. The zero-order chi connectivity index (χ0) is 20.2. The average Bonchev–Trinajstić information content (AvgIpc) is 2.74. The van der Waals surface area contributed by atoms with Crippen LogP contribution in [0.1, 0.15) is 43.4 Å². The fourth-order valence-electron chi connectivity index (χ4n) is 3.83. The Morgan fingerprint density at radius 3 is 2.79 bits per heavy atom. The van der Waals surface area contributed by atoms with Crippen molar-refractivity contribution in [2.45, 2.75) is 45.6 Å². The number of hydrogen-bond acceptors (Lipinski definition) is 4. The molecule has 0 bridgehead atoms. The highest BCUT2D eigenvalue weighted by Crippen LogP contribution is 2.28. The summed E-state index contributed by atoms with van der Waals surface area (Å²) in [4.78, 5) is 29.5. The Balaban J connectivity index is 1.50. The van der Waals surface area contributed by atoms with Gasteiger partial charge in [0.15, 0.2) is 0 Å². The number of amides is 1. The lowest BCUT2D eigenvalue weighted by Crippen LogP contribution is -2.25. The van der Waals surface area contributed by atoms with E-state index in [0.29, 0.717) is 22.8 Å². The summed E-state index contributed by atoms with van der Waals surface area (Å²) in [6.07, 6.45) is 7.02. The fourth-order valence-corrected chi connectivity index (χ4v) is 3.83. The van der Waals surface area contributed by atoms with Gasteiger partial charge in [-0.1, -0.05) is 37.5 Å². The molecule has 1 amide bonds. The second kappa shape index (κ2) is 8.47. The molecule has 3 aromatic rings. The largest absolute Gasteiger partial charge is 0.485 e. The molecule has 1 saturated carbocycles. The number of benzene rings is 1. The third-order valence-electron chi connectivity index (χ3n) is 5.44. The Morgan fingerprint density at radius 1 is 1.17 bits per heavy atom. The smallest absolute Gasteiger partial charge is 0.258 e. The summed E-state index contributed by atoms with van der Waals surface area (Å²) in [6, 6.07) is 12.6. The second-order valence-electron chi connectivity index (χ2n) is 7.58. The molecule has 0 radical (unpaired) electrons. The average molecular weight is 391 g/mol. The van der Waals surface area contributed by atoms with Crippen LogP contribution in [0.2, 0.25) is 0 Å². The standard InChI is InChI=1S/C23H25N3O3/c1-16-8-7-13-26-21(27)14-18(24-22(16)26)15-29-20-12-6-5-11-19(20)25-23(28)17-9-3-2-4-10-17/h5-8,11-14,17H,2-4,9-10,15H2,1H3,(H,25,28). The first kappa shape index (κ1) is 19.2. The van der Waals surface area contributed by atoms with E-state index in [0.717, 1.165) is 31.2 Å². The number of aryl methyl sites for hydroxylation is 1. The zero-order valence-corrected chi connectivity index (χ0v) is 16.6. The lowest BCUT2D eigenvalue weighted by atomic mass is 9.88. The zero-order valence-electron chi connectivity index (χ0n) is 16.6. The Bertz CT molecular complexity index is 1080. The van der Waals surface area contributed by atoms with Crippen LogP contribution in [0.15, 0.2) is 53.5 Å². The van der Waals surface area contributed by atoms with Crippen LogP contribution in [0, 0.1) is 12.8 Å². The Kier molecular flexibility index (Phi) is 5.60. The summed E-state index contributed by atoms with van der Waals surface area (Å²) in [6.45, 7) is 2.07. The van der Waals surface area contributed by atoms with Gasteiger partial charge in [0.1, 0.15) is 18.0 Å². The van der Waals surface area contributed by atoms with Gasteiger partial charge in [-0.15, -0.1) is 0 Å². The lowest BCUT2D eigenvalue weighted by Gasteiger charge is -2.21. The predicted octanol–water partition coefficient (Wildman–Crippen LogP) is 4.10. The summed E-state index contributed by atoms with van der Waals surface area (Å²) in [7, 11) is 0. The summed E-state index contributed by atoms with van der Waals surface area (Å²) < 4.78 is 7.45. The number of rotatable bonds is 5. The van der Waals surface area contributed by atoms with Gasteiger partial charge in [0.05, 0.1) is 11.4 Å². The van der Waals surface area contributed by atoms with Gasteiger partial charge in [-0.2, -0.15) is 0 Å². The maximum absolute atomic E-state index is 12.6. The summed E-state index contributed by atoms with van der Waals surface area (Å²) in [5.74, 6) is 0.698. The molecule has 29 heavy (non-hydrogen) atoms. The number of ether oxygens (including phenoxy) is 1. The molecule has 6 heteroatoms. The van der Waals surface area contributed by atoms with Crippen LogP contribution in [0.3, 0.4) is 0 Å². The van der Waals surface area contributed by atoms with E-state index in [1.807, 2.05) is 43.3 Å². The van der Waals surface area contributed by atoms with Gasteiger partial charge in [-0.25, -0.2) is 4.98 Å². The molecule has 0 atom stereocenters. The van der Waals surface area contributed by atoms with E-state index in [1.165, 1.54) is 16.9 Å². The number of nitrogens with one attached hydrogen (secondary N) is 1. The van der Waals surface area contributed by atoms with E-state index >= 15 is 0 Å². The topological polar surface area (TPSA) is 72.7 Å². The van der Waals surface area contributed by atoms with Gasteiger partial charge < -0.3 is 10.1 Å². The molecule has 1 aliphatic carbocycles. The Morgan fingerprint density at radius 2 is 1.97 bits per heavy atom. The molecule has 1 N–H and O–H groups in total. The highest BCUT2D eigenvalue weighted by atomic mass is 16.5. The molecule has 0 saturated heterocycles. The van der Waals surface area contributed by atoms with Crippen LogP contribution in [0.5, 0.6) is 5.75 Å². The third-order valence-corrected chi connectivity index (χ3v) is 5.44. The highest BCUT2D eigenvalue weighted by molar-refractivity contribution is 5.94. The summed E-state index contributed by atoms with van der Waals surface area (Å²) >= 11 is 0. The molecule has 150 valence electrons. The molecule has 2 aromatic heterocycles. The maximum Gasteiger partial charge on any atom is 0.258 e. The maximum atomic E-state index is 12.6. The van der Waals surface area contributed by atoms with Crippen LogP contribution in [0.4, 0.5) is 5.69 Å². The molecule has 1 fully saturated rings. The minimum Gasteiger partial charge on any atom is -0.485 e. The number of carbonyl (C=O) groups excluding carboxylic acids is 1. The minimum absolute atomic E-state index is 0.0541. The summed E-state index contributed by atoms with van der Waals surface area (Å²) in [5.41, 5.74) is 2.61. The molecule has 1 aromatic carbocycles. The van der Waals surface area contributed by atoms with Crippen molar-refractivity contribution in [1.82, 2.24) is 9.38 Å². The molecule has 0 unspecified atom stereocenters. The van der Waals surface area contributed by atoms with Gasteiger partial charge in [-0.3, -0.25) is 14.0 Å². The molecule has 6 nitrogen and oxygen atoms in total. The number of fused-ring (bicyclic) bond motifs is 1. The van der Waals surface area contributed by atoms with E-state index in [-0.39, 0.29) is 24.0 Å². The predicted molar refractivity (Wildman–Crippen MR) is 112 cm³/mol. The van der Waals surface area contributed by atoms with E-state index < -0.39 is 0 Å². The molecule has 2 heterocycles. The van der Waals surface area contributed by atoms with Crippen molar-refractivity contribution in [1.29, 1.82) is 0 Å². The molecule has 0 spiro atoms. The first-order valence-electron chi connectivity index (χ1n) is 10.1. The van der Waals surface area contributed by atoms with Crippen LogP contribution < -0.4 is 15.6 Å². The summed E-state index contributed by atoms with van der Waals surface area (Å²) in [5, 5.41) is 3.02. The highest BCUT2D eigenvalue weighted by Gasteiger charge is 2.22. The van der Waals surface area contributed by atoms with Crippen LogP contribution in [-0.2, 0) is 11.4 Å². The Hall–Kier alpha value is -3.15. The monoisotopic (exact) mass is 391 g/mol. The second-order valence-corrected chi connectivity index (χ2v) is 7.58. The molecular formula is C23H25N3O3. The third kappa shape index (κ3) is 4.31. The first-order chi connectivity index (χ1) is 14.1. The van der Waals surface area contributed by atoms with Crippen molar-refractivity contribution in [3.63, 3.8) is 0 Å². The quantitative estimate of drug-likeness (QED) is 0.711. The van der Waals surface area contributed by atoms with Crippen LogP contribution >= 0.6 is 0 Å². The number of para-hydroxylation sites is 2. The molecular weight excluding hydrogens is 366 g/mol. The molecule has 1 aliphatic rings. The van der Waals surface area contributed by atoms with Crippen molar-refractivity contribution >= 4 is 17.2 Å². The van der Waals surface area contributed by atoms with E-state index in [1.54, 1.807) is 6.20 Å². The fraction of sp³-hybridized carbons (Fsp3) is 0.348. The Labute approximate surface area is 169 Å². The van der Waals surface area contributed by atoms with Crippen molar-refractivity contribution < 1.29 is 9.53 Å². The van der Waals surface area contributed by atoms with Gasteiger partial charge in [0.25, 0.3) is 5.56 Å². The number of nitrogens with zero attached hydrogens (tertiary/aromatic N) is 2. The van der Waals surface area contributed by atoms with Gasteiger partial charge in [0.2, 0.25) is 5.91 Å². The van der Waals surface area contributed by atoms with Crippen LogP contribution in [0.25, 0.3) is 5.65 Å². The molecule has 4 rings (SSSR count). The SMILES string of the molecule is Cc1cccn2c(=O)cc(COc3ccccc3NC(=O)C3CCCCC3)nc12. The normalized spacial score (nSPS) is 14.7. The number of aromatic nitrogens is 2. The van der Waals surface area contributed by atoms with Crippen molar-refractivity contribution in [3.05, 3.63) is 70.3 Å². The van der Waals surface area contributed by atoms with Crippen LogP contribution in [-0.4, -0.2) is 15.3 Å². The molecule has 0 aliphatic heterocycles. The number of hydrogen-bond donors (Lipinski definition) is 1. The van der Waals surface area contributed by atoms with Crippen molar-refractivity contribution in [3.8, 4) is 5.75 Å². The number of pyridine rings is 1. The van der Waals surface area contributed by atoms with Crippen molar-refractivity contribution in [2.75, 3.05) is 5.32 Å². The lowest BCUT2D eigenvalue weighted by molar-refractivity contribution is -0.120. The van der Waals surface area contributed by atoms with E-state index in [9.17, 15) is 9.59 Å². The van der Waals surface area contributed by atoms with Gasteiger partial charge in [0, 0.05) is 18.2 Å². The van der Waals surface area contributed by atoms with E-state index in [2.05, 4.69) is 10.3 Å². The van der Waals surface area contributed by atoms with Crippen molar-refractivity contribution in [2.24, 2.45) is 5.92 Å². The first-order valence-corrected chi connectivity index (χ1v) is 10.1. The number of carbonyl (C=O) groups is 1. The van der Waals surface area contributed by atoms with Gasteiger partial charge >= 0.3 is 0 Å². The van der Waals surface area contributed by atoms with E-state index in [4.69, 9.17) is 4.74 Å².